The second-order valence-electron chi connectivity index (χ2n) is 6.19. The number of aryl methyl sites for hydroxylation is 2. The van der Waals surface area contributed by atoms with E-state index in [1.54, 1.807) is 39.2 Å². The van der Waals surface area contributed by atoms with Gasteiger partial charge in [0.15, 0.2) is 6.79 Å². The van der Waals surface area contributed by atoms with Crippen LogP contribution in [0.15, 0.2) is 24.3 Å². The number of aromatic hydroxyl groups is 1. The zero-order valence-electron chi connectivity index (χ0n) is 18.7. The van der Waals surface area contributed by atoms with Crippen molar-refractivity contribution in [2.75, 3.05) is 42.3 Å². The molecular formula is C22H28O9. The van der Waals surface area contributed by atoms with Crippen LogP contribution in [0, 0.1) is 13.8 Å². The summed E-state index contributed by atoms with van der Waals surface area (Å²) in [5.74, 6) is 0.372. The standard InChI is InChI=1S/C12H16O5.C10H12O4/c1-8-5-9(15-3)6-10(17-7-14-2)11(8)12(13)16-4;1-6-4-7(13-2)5-8(11)9(6)10(12)14-3/h5-6H,7H2,1-4H3;4-5,11H,1-3H3. The van der Waals surface area contributed by atoms with Crippen molar-refractivity contribution in [1.82, 2.24) is 0 Å². The first-order chi connectivity index (χ1) is 14.7. The van der Waals surface area contributed by atoms with Gasteiger partial charge in [0.25, 0.3) is 0 Å². The molecule has 2 rings (SSSR count). The zero-order chi connectivity index (χ0) is 23.6. The first-order valence-corrected chi connectivity index (χ1v) is 9.08. The van der Waals surface area contributed by atoms with Crippen molar-refractivity contribution in [3.63, 3.8) is 0 Å². The van der Waals surface area contributed by atoms with Crippen molar-refractivity contribution >= 4 is 11.9 Å². The lowest BCUT2D eigenvalue weighted by molar-refractivity contribution is 0.0462. The monoisotopic (exact) mass is 436 g/mol. The van der Waals surface area contributed by atoms with Gasteiger partial charge in [-0.05, 0) is 37.1 Å². The highest BCUT2D eigenvalue weighted by Gasteiger charge is 2.18. The number of ether oxygens (including phenoxy) is 6. The summed E-state index contributed by atoms with van der Waals surface area (Å²) < 4.78 is 29.4. The van der Waals surface area contributed by atoms with Crippen LogP contribution in [0.1, 0.15) is 31.8 Å². The second kappa shape index (κ2) is 12.3. The largest absolute Gasteiger partial charge is 0.507 e. The first kappa shape index (κ1) is 25.6. The van der Waals surface area contributed by atoms with Gasteiger partial charge in [-0.1, -0.05) is 0 Å². The molecule has 0 aliphatic heterocycles. The number of rotatable bonds is 7. The van der Waals surface area contributed by atoms with Crippen LogP contribution in [0.4, 0.5) is 0 Å². The molecule has 0 unspecified atom stereocenters. The van der Waals surface area contributed by atoms with Gasteiger partial charge in [-0.2, -0.15) is 0 Å². The number of benzene rings is 2. The smallest absolute Gasteiger partial charge is 0.341 e. The SMILES string of the molecule is COC(=O)c1c(C)cc(OC)cc1O.COCOc1cc(OC)cc(C)c1C(=O)OC. The molecule has 0 bridgehead atoms. The van der Waals surface area contributed by atoms with Gasteiger partial charge in [0.2, 0.25) is 0 Å². The van der Waals surface area contributed by atoms with Crippen molar-refractivity contribution in [2.24, 2.45) is 0 Å². The van der Waals surface area contributed by atoms with Gasteiger partial charge in [-0.25, -0.2) is 9.59 Å². The number of methoxy groups -OCH3 is 5. The van der Waals surface area contributed by atoms with E-state index in [0.29, 0.717) is 28.4 Å². The van der Waals surface area contributed by atoms with Crippen LogP contribution in [-0.2, 0) is 14.2 Å². The van der Waals surface area contributed by atoms with Gasteiger partial charge in [0.1, 0.15) is 34.1 Å². The topological polar surface area (TPSA) is 110 Å². The van der Waals surface area contributed by atoms with Gasteiger partial charge in [-0.3, -0.25) is 0 Å². The zero-order valence-corrected chi connectivity index (χ0v) is 18.7. The summed E-state index contributed by atoms with van der Waals surface area (Å²) >= 11 is 0. The molecule has 31 heavy (non-hydrogen) atoms. The minimum Gasteiger partial charge on any atom is -0.507 e. The number of phenolic OH excluding ortho intramolecular Hbond substituents is 1. The lowest BCUT2D eigenvalue weighted by Crippen LogP contribution is -2.09. The maximum Gasteiger partial charge on any atom is 0.341 e. The van der Waals surface area contributed by atoms with Crippen LogP contribution < -0.4 is 14.2 Å². The Hall–Kier alpha value is -3.46. The van der Waals surface area contributed by atoms with Gasteiger partial charge < -0.3 is 33.5 Å². The second-order valence-corrected chi connectivity index (χ2v) is 6.19. The minimum absolute atomic E-state index is 0.0522. The Morgan fingerprint density at radius 2 is 1.26 bits per heavy atom. The van der Waals surface area contributed by atoms with E-state index in [1.807, 2.05) is 0 Å². The Labute approximate surface area is 181 Å². The number of phenols is 1. The molecule has 0 fully saturated rings. The third kappa shape index (κ3) is 6.78. The average molecular weight is 436 g/mol. The molecule has 0 saturated carbocycles. The molecule has 0 saturated heterocycles. The predicted octanol–water partition coefficient (Wildman–Crippen LogP) is 3.27. The van der Waals surface area contributed by atoms with E-state index in [4.69, 9.17) is 23.7 Å². The van der Waals surface area contributed by atoms with Crippen LogP contribution >= 0.6 is 0 Å². The van der Waals surface area contributed by atoms with Crippen molar-refractivity contribution in [1.29, 1.82) is 0 Å². The number of carbonyl (C=O) groups is 2. The Balaban J connectivity index is 0.000000316. The molecule has 0 aromatic heterocycles. The minimum atomic E-state index is -0.553. The molecule has 0 aliphatic carbocycles. The van der Waals surface area contributed by atoms with Gasteiger partial charge in [-0.15, -0.1) is 0 Å². The van der Waals surface area contributed by atoms with Crippen LogP contribution in [-0.4, -0.2) is 59.4 Å². The number of hydrogen-bond donors (Lipinski definition) is 1. The normalized spacial score (nSPS) is 9.77. The molecule has 0 aliphatic rings. The quantitative estimate of drug-likeness (QED) is 0.516. The number of esters is 2. The summed E-state index contributed by atoms with van der Waals surface area (Å²) in [5, 5.41) is 9.52. The highest BCUT2D eigenvalue weighted by Crippen LogP contribution is 2.29. The lowest BCUT2D eigenvalue weighted by Gasteiger charge is -2.13. The van der Waals surface area contributed by atoms with Gasteiger partial charge in [0.05, 0.1) is 28.4 Å². The highest BCUT2D eigenvalue weighted by molar-refractivity contribution is 5.95. The summed E-state index contributed by atoms with van der Waals surface area (Å²) in [5.41, 5.74) is 1.90. The summed E-state index contributed by atoms with van der Waals surface area (Å²) in [6, 6.07) is 6.40. The molecule has 2 aromatic rings. The van der Waals surface area contributed by atoms with E-state index in [0.717, 1.165) is 5.56 Å². The average Bonchev–Trinajstić information content (AvgIpc) is 2.76. The maximum absolute atomic E-state index is 11.6. The molecule has 0 spiro atoms. The van der Waals surface area contributed by atoms with E-state index in [2.05, 4.69) is 4.74 Å². The van der Waals surface area contributed by atoms with Crippen molar-refractivity contribution < 1.29 is 43.1 Å². The number of carbonyl (C=O) groups excluding carboxylic acids is 2. The van der Waals surface area contributed by atoms with E-state index >= 15 is 0 Å². The summed E-state index contributed by atoms with van der Waals surface area (Å²) in [6.45, 7) is 3.54. The van der Waals surface area contributed by atoms with E-state index in [1.165, 1.54) is 34.5 Å². The van der Waals surface area contributed by atoms with Crippen molar-refractivity contribution in [3.8, 4) is 23.0 Å². The molecule has 0 atom stereocenters. The predicted molar refractivity (Wildman–Crippen MR) is 112 cm³/mol. The molecule has 0 radical (unpaired) electrons. The molecule has 0 heterocycles. The fraction of sp³-hybridized carbons (Fsp3) is 0.364. The fourth-order valence-electron chi connectivity index (χ4n) is 2.66. The summed E-state index contributed by atoms with van der Waals surface area (Å²) in [7, 11) is 7.14. The molecule has 9 nitrogen and oxygen atoms in total. The Bertz CT molecular complexity index is 883. The van der Waals surface area contributed by atoms with E-state index in [9.17, 15) is 14.7 Å². The van der Waals surface area contributed by atoms with Gasteiger partial charge >= 0.3 is 11.9 Å². The molecule has 9 heteroatoms. The number of hydrogen-bond acceptors (Lipinski definition) is 9. The van der Waals surface area contributed by atoms with Crippen LogP contribution in [0.5, 0.6) is 23.0 Å². The third-order valence-corrected chi connectivity index (χ3v) is 4.14. The molecular weight excluding hydrogens is 408 g/mol. The third-order valence-electron chi connectivity index (χ3n) is 4.14. The molecule has 1 N–H and O–H groups in total. The van der Waals surface area contributed by atoms with Crippen molar-refractivity contribution in [3.05, 3.63) is 46.5 Å². The molecule has 170 valence electrons. The van der Waals surface area contributed by atoms with Crippen molar-refractivity contribution in [2.45, 2.75) is 13.8 Å². The lowest BCUT2D eigenvalue weighted by atomic mass is 10.1. The van der Waals surface area contributed by atoms with E-state index in [-0.39, 0.29) is 18.1 Å². The first-order valence-electron chi connectivity index (χ1n) is 9.08. The highest BCUT2D eigenvalue weighted by atomic mass is 16.7. The Morgan fingerprint density at radius 3 is 1.71 bits per heavy atom. The fourth-order valence-corrected chi connectivity index (χ4v) is 2.66. The van der Waals surface area contributed by atoms with Gasteiger partial charge in [0, 0.05) is 19.2 Å². The molecule has 0 amide bonds. The Morgan fingerprint density at radius 1 is 0.774 bits per heavy atom. The maximum atomic E-state index is 11.6. The van der Waals surface area contributed by atoms with E-state index < -0.39 is 11.9 Å². The van der Waals surface area contributed by atoms with Crippen LogP contribution in [0.25, 0.3) is 0 Å². The van der Waals surface area contributed by atoms with Crippen LogP contribution in [0.3, 0.4) is 0 Å². The molecule has 2 aromatic carbocycles. The summed E-state index contributed by atoms with van der Waals surface area (Å²) in [4.78, 5) is 22.9. The Kier molecular flexibility index (Phi) is 10.1. The van der Waals surface area contributed by atoms with Crippen LogP contribution in [0.2, 0.25) is 0 Å². The summed E-state index contributed by atoms with van der Waals surface area (Å²) in [6.07, 6.45) is 0.